The van der Waals surface area contributed by atoms with E-state index in [4.69, 9.17) is 21.3 Å². The van der Waals surface area contributed by atoms with Gasteiger partial charge in [0, 0.05) is 42.9 Å². The Morgan fingerprint density at radius 3 is 2.29 bits per heavy atom. The zero-order valence-corrected chi connectivity index (χ0v) is 20.1. The van der Waals surface area contributed by atoms with E-state index in [1.54, 1.807) is 6.20 Å². The molecule has 0 spiro atoms. The number of hydrogen-bond donors (Lipinski definition) is 0. The summed E-state index contributed by atoms with van der Waals surface area (Å²) >= 11 is 6.53. The predicted octanol–water partition coefficient (Wildman–Crippen LogP) is 5.15. The Morgan fingerprint density at radius 1 is 0.806 bits per heavy atom. The maximum atomic E-state index is 6.53. The van der Waals surface area contributed by atoms with Gasteiger partial charge < -0.3 is 14.5 Å². The number of aromatic nitrogens is 1. The Morgan fingerprint density at radius 2 is 1.52 bits per heavy atom. The maximum absolute atomic E-state index is 6.53. The van der Waals surface area contributed by atoms with Crippen LogP contribution in [0.4, 0.5) is 0 Å². The first-order valence-electron chi connectivity index (χ1n) is 9.67. The fraction of sp³-hybridized carbons (Fsp3) is 0. The number of nitrogens with zero attached hydrogens (tertiary/aromatic N) is 1. The van der Waals surface area contributed by atoms with Crippen molar-refractivity contribution in [1.29, 1.82) is 0 Å². The predicted molar refractivity (Wildman–Crippen MR) is 124 cm³/mol. The summed E-state index contributed by atoms with van der Waals surface area (Å²) < 4.78 is 12.9. The zero-order chi connectivity index (χ0) is 19.9. The molecule has 1 radical (unpaired) electrons. The van der Waals surface area contributed by atoms with E-state index >= 15 is 0 Å². The van der Waals surface area contributed by atoms with Gasteiger partial charge in [0.05, 0.1) is 11.5 Å². The minimum atomic E-state index is -2.35. The van der Waals surface area contributed by atoms with E-state index in [0.717, 1.165) is 54.8 Å². The molecule has 3 nitrogen and oxygen atoms in total. The Hall–Kier alpha value is -2.55. The van der Waals surface area contributed by atoms with Gasteiger partial charge in [-0.25, -0.2) is 0 Å². The number of hydrogen-bond acceptors (Lipinski definition) is 4. The topological polar surface area (TPSA) is 31.4 Å². The van der Waals surface area contributed by atoms with Crippen LogP contribution < -0.4 is 25.4 Å². The smallest absolute Gasteiger partial charge is 0.133 e. The average Bonchev–Trinajstić information content (AvgIpc) is 2.79. The van der Waals surface area contributed by atoms with Crippen LogP contribution >= 0.6 is 6.04 Å². The van der Waals surface area contributed by atoms with Crippen LogP contribution in [0.25, 0.3) is 21.7 Å². The molecule has 0 bridgehead atoms. The molecule has 0 aliphatic carbocycles. The van der Waals surface area contributed by atoms with Gasteiger partial charge >= 0.3 is 0 Å². The fourth-order valence-corrected chi connectivity index (χ4v) is 8.96. The maximum Gasteiger partial charge on any atom is 0.133 e. The second kappa shape index (κ2) is 6.72. The summed E-state index contributed by atoms with van der Waals surface area (Å²) in [5.74, 6) is 3.07. The molecule has 3 heterocycles. The van der Waals surface area contributed by atoms with E-state index < -0.39 is 6.04 Å². The molecule has 2 aliphatic rings. The normalized spacial score (nSPS) is 17.5. The molecule has 4 aromatic carbocycles. The number of benzene rings is 4. The number of pyridine rings is 1. The molecule has 151 valence electrons. The monoisotopic (exact) mass is 615 g/mol. The molecule has 1 unspecified atom stereocenters. The number of rotatable bonds is 0. The molecule has 1 atom stereocenters. The third-order valence-corrected chi connectivity index (χ3v) is 10.7. The second-order valence-electron chi connectivity index (χ2n) is 7.44. The summed E-state index contributed by atoms with van der Waals surface area (Å²) in [5, 5.41) is 6.00. The first-order chi connectivity index (χ1) is 14.7. The van der Waals surface area contributed by atoms with Gasteiger partial charge in [-0.2, -0.15) is 0 Å². The Bertz CT molecular complexity index is 1590. The summed E-state index contributed by atoms with van der Waals surface area (Å²) in [4.78, 5) is 4.62. The summed E-state index contributed by atoms with van der Waals surface area (Å²) in [7, 11) is 0. The molecule has 1 aromatic heterocycles. The van der Waals surface area contributed by atoms with E-state index in [2.05, 4.69) is 41.4 Å². The van der Waals surface area contributed by atoms with Crippen LogP contribution in [-0.2, 0) is 31.9 Å². The molecular formula is C25H13IrNO2PS-. The van der Waals surface area contributed by atoms with Gasteiger partial charge in [0.2, 0.25) is 0 Å². The van der Waals surface area contributed by atoms with Gasteiger partial charge in [-0.05, 0) is 34.4 Å². The molecule has 0 fully saturated rings. The number of ether oxygens (including phenoxy) is 2. The van der Waals surface area contributed by atoms with Crippen LogP contribution in [0.1, 0.15) is 0 Å². The molecule has 0 saturated carbocycles. The largest absolute Gasteiger partial charge is 0.475 e. The third kappa shape index (κ3) is 2.43. The van der Waals surface area contributed by atoms with Crippen LogP contribution in [0.5, 0.6) is 23.0 Å². The van der Waals surface area contributed by atoms with Crippen molar-refractivity contribution in [2.45, 2.75) is 0 Å². The summed E-state index contributed by atoms with van der Waals surface area (Å²) in [5.41, 5.74) is 0.882. The van der Waals surface area contributed by atoms with Crippen molar-refractivity contribution in [3.05, 3.63) is 85.1 Å². The molecule has 0 saturated heterocycles. The molecule has 0 N–H and O–H groups in total. The average molecular weight is 615 g/mol. The fourth-order valence-electron chi connectivity index (χ4n) is 4.53. The van der Waals surface area contributed by atoms with Gasteiger partial charge in [-0.3, -0.25) is 0 Å². The standard InChI is InChI=1S/C25H13NO2PS.Ir/c30-29-21-9-3-1-7-18(21)27-20-14-17-16(12-11-15-6-5-13-26-23(15)17)24(25(20)29)28-19-8-2-4-10-22(19)29;/h1-13H;/q-1;. The summed E-state index contributed by atoms with van der Waals surface area (Å²) in [6.45, 7) is 0. The van der Waals surface area contributed by atoms with Gasteiger partial charge in [0.25, 0.3) is 0 Å². The quantitative estimate of drug-likeness (QED) is 0.134. The Labute approximate surface area is 197 Å². The molecular weight excluding hydrogens is 602 g/mol. The van der Waals surface area contributed by atoms with Gasteiger partial charge in [-0.15, -0.1) is 5.39 Å². The van der Waals surface area contributed by atoms with Crippen molar-refractivity contribution >= 4 is 55.4 Å². The van der Waals surface area contributed by atoms with Gasteiger partial charge in [0.1, 0.15) is 11.5 Å². The molecule has 0 amide bonds. The number of para-hydroxylation sites is 2. The zero-order valence-electron chi connectivity index (χ0n) is 16.0. The molecule has 31 heavy (non-hydrogen) atoms. The van der Waals surface area contributed by atoms with Crippen LogP contribution in [-0.4, -0.2) is 4.98 Å². The van der Waals surface area contributed by atoms with E-state index in [9.17, 15) is 0 Å². The van der Waals surface area contributed by atoms with Crippen molar-refractivity contribution in [2.24, 2.45) is 0 Å². The first kappa shape index (κ1) is 19.2. The van der Waals surface area contributed by atoms with Crippen LogP contribution in [0.15, 0.2) is 79.0 Å². The number of fused-ring (bicyclic) bond motifs is 8. The van der Waals surface area contributed by atoms with E-state index in [-0.39, 0.29) is 20.1 Å². The first-order valence-corrected chi connectivity index (χ1v) is 12.5. The van der Waals surface area contributed by atoms with E-state index in [1.807, 2.05) is 42.5 Å². The molecule has 5 aromatic rings. The van der Waals surface area contributed by atoms with Crippen molar-refractivity contribution in [3.8, 4) is 23.0 Å². The second-order valence-corrected chi connectivity index (χ2v) is 11.7. The van der Waals surface area contributed by atoms with Crippen LogP contribution in [0.2, 0.25) is 0 Å². The molecule has 7 rings (SSSR count). The van der Waals surface area contributed by atoms with E-state index in [0.29, 0.717) is 5.75 Å². The Balaban J connectivity index is 0.00000185. The SMILES string of the molecule is S=P12c3ccccc3Oc3[c-]c4c(ccc5cccnc54)c(c31)Oc1ccccc12.[Ir]. The van der Waals surface area contributed by atoms with Crippen molar-refractivity contribution in [2.75, 3.05) is 0 Å². The molecule has 6 heteroatoms. The van der Waals surface area contributed by atoms with Gasteiger partial charge in [-0.1, -0.05) is 77.9 Å². The van der Waals surface area contributed by atoms with E-state index in [1.165, 1.54) is 0 Å². The van der Waals surface area contributed by atoms with Crippen molar-refractivity contribution in [1.82, 2.24) is 4.98 Å². The summed E-state index contributed by atoms with van der Waals surface area (Å²) in [6.07, 6.45) is 1.80. The summed E-state index contributed by atoms with van der Waals surface area (Å²) in [6, 6.07) is 25.5. The van der Waals surface area contributed by atoms with Crippen molar-refractivity contribution < 1.29 is 29.6 Å². The minimum absolute atomic E-state index is 0. The third-order valence-electron chi connectivity index (χ3n) is 5.84. The molecule has 2 aliphatic heterocycles. The van der Waals surface area contributed by atoms with Crippen molar-refractivity contribution in [3.63, 3.8) is 0 Å². The van der Waals surface area contributed by atoms with Gasteiger partial charge in [0.15, 0.2) is 0 Å². The van der Waals surface area contributed by atoms with Crippen LogP contribution in [0, 0.1) is 6.07 Å². The van der Waals surface area contributed by atoms with Crippen LogP contribution in [0.3, 0.4) is 0 Å². The minimum Gasteiger partial charge on any atom is -0.475 e. The Kier molecular flexibility index (Phi) is 4.15.